The lowest BCUT2D eigenvalue weighted by atomic mass is 10.1. The maximum atomic E-state index is 9.28. The van der Waals surface area contributed by atoms with Gasteiger partial charge in [0.15, 0.2) is 0 Å². The predicted molar refractivity (Wildman–Crippen MR) is 100 cm³/mol. The smallest absolute Gasteiger partial charge is 0.146 e. The van der Waals surface area contributed by atoms with Crippen molar-refractivity contribution < 1.29 is 0 Å². The molecule has 1 aromatic carbocycles. The highest BCUT2D eigenvalue weighted by Crippen LogP contribution is 2.29. The van der Waals surface area contributed by atoms with Crippen molar-refractivity contribution in [2.45, 2.75) is 0 Å². The topological polar surface area (TPSA) is 56.1 Å². The first kappa shape index (κ1) is 15.7. The third kappa shape index (κ3) is 2.97. The van der Waals surface area contributed by atoms with Gasteiger partial charge in [0.05, 0.1) is 11.1 Å². The number of piperazine rings is 1. The van der Waals surface area contributed by atoms with Crippen LogP contribution in [0.1, 0.15) is 5.56 Å². The number of hydrogen-bond donors (Lipinski definition) is 0. The minimum atomic E-state index is 0.625. The highest BCUT2D eigenvalue weighted by Gasteiger charge is 2.21. The van der Waals surface area contributed by atoms with Crippen molar-refractivity contribution in [1.82, 2.24) is 9.97 Å². The molecule has 5 nitrogen and oxygen atoms in total. The van der Waals surface area contributed by atoms with Crippen molar-refractivity contribution in [3.8, 4) is 6.07 Å². The van der Waals surface area contributed by atoms with Crippen LogP contribution in [0.4, 0.5) is 11.5 Å². The summed E-state index contributed by atoms with van der Waals surface area (Å²) < 4.78 is 0. The van der Waals surface area contributed by atoms with Gasteiger partial charge in [0, 0.05) is 54.7 Å². The van der Waals surface area contributed by atoms with Crippen LogP contribution < -0.4 is 9.80 Å². The van der Waals surface area contributed by atoms with Crippen molar-refractivity contribution in [3.63, 3.8) is 0 Å². The van der Waals surface area contributed by atoms with E-state index in [1.165, 1.54) is 5.69 Å². The van der Waals surface area contributed by atoms with Gasteiger partial charge in [-0.25, -0.2) is 4.98 Å². The molecule has 0 radical (unpaired) electrons. The number of pyridine rings is 2. The zero-order chi connectivity index (χ0) is 17.2. The van der Waals surface area contributed by atoms with Crippen LogP contribution in [0.25, 0.3) is 10.9 Å². The number of halogens is 1. The molecular weight excluding hydrogens is 334 g/mol. The van der Waals surface area contributed by atoms with Gasteiger partial charge in [-0.2, -0.15) is 5.26 Å². The van der Waals surface area contributed by atoms with E-state index in [0.29, 0.717) is 10.6 Å². The van der Waals surface area contributed by atoms with Crippen LogP contribution in [0.2, 0.25) is 5.02 Å². The van der Waals surface area contributed by atoms with Crippen molar-refractivity contribution in [1.29, 1.82) is 5.26 Å². The molecular formula is C19H16ClN5. The summed E-state index contributed by atoms with van der Waals surface area (Å²) in [6.07, 6.45) is 3.57. The number of nitrogens with zero attached hydrogens (tertiary/aromatic N) is 5. The largest absolute Gasteiger partial charge is 0.367 e. The third-order valence-electron chi connectivity index (χ3n) is 4.51. The van der Waals surface area contributed by atoms with Gasteiger partial charge in [0.25, 0.3) is 0 Å². The molecule has 0 saturated carbocycles. The summed E-state index contributed by atoms with van der Waals surface area (Å²) in [6, 6.07) is 13.7. The van der Waals surface area contributed by atoms with Crippen LogP contribution in [0.3, 0.4) is 0 Å². The fourth-order valence-electron chi connectivity index (χ4n) is 3.28. The summed E-state index contributed by atoms with van der Waals surface area (Å²) in [4.78, 5) is 13.3. The molecule has 0 unspecified atom stereocenters. The van der Waals surface area contributed by atoms with E-state index in [2.05, 4.69) is 25.8 Å². The molecule has 124 valence electrons. The van der Waals surface area contributed by atoms with Gasteiger partial charge in [-0.15, -0.1) is 0 Å². The molecule has 0 amide bonds. The molecule has 25 heavy (non-hydrogen) atoms. The second kappa shape index (κ2) is 6.58. The zero-order valence-electron chi connectivity index (χ0n) is 13.6. The number of fused-ring (bicyclic) bond motifs is 1. The van der Waals surface area contributed by atoms with E-state index < -0.39 is 0 Å². The third-order valence-corrected chi connectivity index (χ3v) is 4.74. The minimum absolute atomic E-state index is 0.625. The molecule has 1 aliphatic heterocycles. The van der Waals surface area contributed by atoms with Gasteiger partial charge >= 0.3 is 0 Å². The molecule has 2 aromatic heterocycles. The summed E-state index contributed by atoms with van der Waals surface area (Å²) in [5.41, 5.74) is 2.70. The molecule has 0 atom stereocenters. The van der Waals surface area contributed by atoms with Crippen molar-refractivity contribution >= 4 is 34.0 Å². The summed E-state index contributed by atoms with van der Waals surface area (Å²) in [5.74, 6) is 0.774. The first-order valence-electron chi connectivity index (χ1n) is 8.15. The first-order valence-corrected chi connectivity index (χ1v) is 8.53. The zero-order valence-corrected chi connectivity index (χ0v) is 14.3. The van der Waals surface area contributed by atoms with E-state index in [9.17, 15) is 5.26 Å². The van der Waals surface area contributed by atoms with Gasteiger partial charge < -0.3 is 9.80 Å². The van der Waals surface area contributed by atoms with E-state index in [-0.39, 0.29) is 0 Å². The maximum Gasteiger partial charge on any atom is 0.146 e. The Labute approximate surface area is 151 Å². The highest BCUT2D eigenvalue weighted by atomic mass is 35.5. The number of hydrogen-bond acceptors (Lipinski definition) is 5. The van der Waals surface area contributed by atoms with Gasteiger partial charge in [0.1, 0.15) is 11.9 Å². The number of rotatable bonds is 2. The van der Waals surface area contributed by atoms with Gasteiger partial charge in [0.2, 0.25) is 0 Å². The van der Waals surface area contributed by atoms with E-state index in [1.54, 1.807) is 12.3 Å². The molecule has 3 aromatic rings. The van der Waals surface area contributed by atoms with Crippen LogP contribution in [-0.2, 0) is 0 Å². The Morgan fingerprint density at radius 1 is 0.960 bits per heavy atom. The summed E-state index contributed by atoms with van der Waals surface area (Å²) >= 11 is 6.08. The van der Waals surface area contributed by atoms with Crippen LogP contribution in [0, 0.1) is 11.3 Å². The van der Waals surface area contributed by atoms with Crippen LogP contribution in [0.5, 0.6) is 0 Å². The Bertz CT molecular complexity index is 957. The minimum Gasteiger partial charge on any atom is -0.367 e. The molecule has 1 aliphatic rings. The van der Waals surface area contributed by atoms with Crippen LogP contribution in [0.15, 0.2) is 48.8 Å². The maximum absolute atomic E-state index is 9.28. The number of benzene rings is 1. The van der Waals surface area contributed by atoms with Crippen molar-refractivity contribution in [2.24, 2.45) is 0 Å². The molecule has 3 heterocycles. The molecule has 0 aliphatic carbocycles. The van der Waals surface area contributed by atoms with E-state index >= 15 is 0 Å². The van der Waals surface area contributed by atoms with E-state index in [1.807, 2.05) is 36.5 Å². The normalized spacial score (nSPS) is 14.6. The summed E-state index contributed by atoms with van der Waals surface area (Å²) in [6.45, 7) is 3.37. The molecule has 1 fully saturated rings. The fourth-order valence-corrected chi connectivity index (χ4v) is 3.44. The average Bonchev–Trinajstić information content (AvgIpc) is 2.67. The van der Waals surface area contributed by atoms with Crippen molar-refractivity contribution in [2.75, 3.05) is 36.0 Å². The molecule has 0 N–H and O–H groups in total. The Hall–Kier alpha value is -2.84. The second-order valence-electron chi connectivity index (χ2n) is 5.95. The van der Waals surface area contributed by atoms with Gasteiger partial charge in [-0.3, -0.25) is 4.98 Å². The molecule has 4 rings (SSSR count). The van der Waals surface area contributed by atoms with Crippen molar-refractivity contribution in [3.05, 3.63) is 59.4 Å². The first-order chi connectivity index (χ1) is 12.3. The van der Waals surface area contributed by atoms with E-state index in [4.69, 9.17) is 11.6 Å². The average molecular weight is 350 g/mol. The number of aromatic nitrogens is 2. The molecule has 0 spiro atoms. The SMILES string of the molecule is N#Cc1cccnc1N1CCN(c2ccnc3cc(Cl)ccc23)CC1. The summed E-state index contributed by atoms with van der Waals surface area (Å²) in [7, 11) is 0. The second-order valence-corrected chi connectivity index (χ2v) is 6.39. The number of nitriles is 1. The standard InChI is InChI=1S/C19H16ClN5/c20-15-3-4-16-17(12-15)22-7-5-18(16)24-8-10-25(11-9-24)19-14(13-21)2-1-6-23-19/h1-7,12H,8-11H2. The number of anilines is 2. The highest BCUT2D eigenvalue weighted by molar-refractivity contribution is 6.31. The predicted octanol–water partition coefficient (Wildman–Crippen LogP) is 3.48. The molecule has 6 heteroatoms. The lowest BCUT2D eigenvalue weighted by molar-refractivity contribution is 0.648. The van der Waals surface area contributed by atoms with Crippen LogP contribution >= 0.6 is 11.6 Å². The lowest BCUT2D eigenvalue weighted by Crippen LogP contribution is -2.47. The van der Waals surface area contributed by atoms with Gasteiger partial charge in [-0.05, 0) is 36.4 Å². The van der Waals surface area contributed by atoms with E-state index in [0.717, 1.165) is 42.9 Å². The Morgan fingerprint density at radius 3 is 2.56 bits per heavy atom. The molecule has 0 bridgehead atoms. The van der Waals surface area contributed by atoms with Gasteiger partial charge in [-0.1, -0.05) is 11.6 Å². The fraction of sp³-hybridized carbons (Fsp3) is 0.211. The van der Waals surface area contributed by atoms with Crippen LogP contribution in [-0.4, -0.2) is 36.1 Å². The quantitative estimate of drug-likeness (QED) is 0.709. The Morgan fingerprint density at radius 2 is 1.76 bits per heavy atom. The monoisotopic (exact) mass is 349 g/mol. The molecule has 1 saturated heterocycles. The Kier molecular flexibility index (Phi) is 4.12. The lowest BCUT2D eigenvalue weighted by Gasteiger charge is -2.37. The summed E-state index contributed by atoms with van der Waals surface area (Å²) in [5, 5.41) is 11.1. The Balaban J connectivity index is 1.58.